The summed E-state index contributed by atoms with van der Waals surface area (Å²) in [6.07, 6.45) is 0. The first kappa shape index (κ1) is 7.23. The molecule has 3 N–H and O–H groups in total. The van der Waals surface area contributed by atoms with Gasteiger partial charge in [0, 0.05) is 17.5 Å². The van der Waals surface area contributed by atoms with Gasteiger partial charge in [-0.05, 0) is 5.53 Å². The molecule has 0 rings (SSSR count). The summed E-state index contributed by atoms with van der Waals surface area (Å²) in [5.41, 5.74) is 12.9. The number of hydrogen-bond acceptors (Lipinski definition) is 3. The highest BCUT2D eigenvalue weighted by atomic mass is 16.3. The molecule has 0 spiro atoms. The van der Waals surface area contributed by atoms with Crippen LogP contribution in [0.5, 0.6) is 0 Å². The van der Waals surface area contributed by atoms with Crippen molar-refractivity contribution < 1.29 is 5.11 Å². The molecule has 0 aliphatic rings. The minimum absolute atomic E-state index is 0.140. The average molecular weight is 116 g/mol. The lowest BCUT2D eigenvalue weighted by Crippen LogP contribution is -2.27. The van der Waals surface area contributed by atoms with Crippen LogP contribution in [0, 0.1) is 0 Å². The van der Waals surface area contributed by atoms with Crippen LogP contribution in [0.25, 0.3) is 10.4 Å². The van der Waals surface area contributed by atoms with Crippen molar-refractivity contribution >= 4 is 0 Å². The normalized spacial score (nSPS) is 12.2. The highest BCUT2D eigenvalue weighted by Crippen LogP contribution is 1.76. The quantitative estimate of drug-likeness (QED) is 0.298. The van der Waals surface area contributed by atoms with Crippen LogP contribution in [0.4, 0.5) is 0 Å². The summed E-state index contributed by atoms with van der Waals surface area (Å²) in [7, 11) is 0. The Kier molecular flexibility index (Phi) is 3.97. The van der Waals surface area contributed by atoms with E-state index in [1.165, 1.54) is 0 Å². The third-order valence-electron chi connectivity index (χ3n) is 0.614. The van der Waals surface area contributed by atoms with Crippen LogP contribution in [0.15, 0.2) is 5.11 Å². The number of azide groups is 1. The zero-order valence-electron chi connectivity index (χ0n) is 4.36. The van der Waals surface area contributed by atoms with Gasteiger partial charge >= 0.3 is 0 Å². The van der Waals surface area contributed by atoms with Crippen LogP contribution >= 0.6 is 0 Å². The first-order valence-electron chi connectivity index (χ1n) is 2.18. The largest absolute Gasteiger partial charge is 0.395 e. The zero-order chi connectivity index (χ0) is 6.41. The molecule has 0 saturated heterocycles. The molecule has 0 amide bonds. The van der Waals surface area contributed by atoms with Gasteiger partial charge in [0.15, 0.2) is 0 Å². The second-order valence-electron chi connectivity index (χ2n) is 1.36. The predicted octanol–water partition coefficient (Wildman–Crippen LogP) is -0.384. The second-order valence-corrected chi connectivity index (χ2v) is 1.36. The number of nitrogens with zero attached hydrogens (tertiary/aromatic N) is 3. The van der Waals surface area contributed by atoms with Crippen molar-refractivity contribution in [2.24, 2.45) is 10.8 Å². The smallest absolute Gasteiger partial charge is 0.0583 e. The standard InChI is InChI=1S/C3H8N4O/c4-3(2-8)1-6-7-5/h3,8H,1-2,4H2/t3-/m1/s1. The van der Waals surface area contributed by atoms with Gasteiger partial charge in [-0.2, -0.15) is 0 Å². The Morgan fingerprint density at radius 3 is 2.88 bits per heavy atom. The van der Waals surface area contributed by atoms with Crippen LogP contribution in [0.2, 0.25) is 0 Å². The fraction of sp³-hybridized carbons (Fsp3) is 1.00. The topological polar surface area (TPSA) is 95.0 Å². The second kappa shape index (κ2) is 4.39. The summed E-state index contributed by atoms with van der Waals surface area (Å²) in [6.45, 7) is 0.0199. The summed E-state index contributed by atoms with van der Waals surface area (Å²) >= 11 is 0. The molecule has 0 saturated carbocycles. The molecule has 5 heteroatoms. The molecule has 0 aliphatic carbocycles. The Labute approximate surface area is 46.7 Å². The lowest BCUT2D eigenvalue weighted by Gasteiger charge is -1.99. The molecule has 0 fully saturated rings. The molecule has 46 valence electrons. The minimum atomic E-state index is -0.411. The van der Waals surface area contributed by atoms with Gasteiger partial charge in [-0.1, -0.05) is 5.11 Å². The predicted molar refractivity (Wildman–Crippen MR) is 29.1 cm³/mol. The van der Waals surface area contributed by atoms with Crippen molar-refractivity contribution in [1.82, 2.24) is 0 Å². The summed E-state index contributed by atoms with van der Waals surface area (Å²) < 4.78 is 0. The maximum absolute atomic E-state index is 8.25. The van der Waals surface area contributed by atoms with Gasteiger partial charge in [-0.25, -0.2) is 0 Å². The maximum Gasteiger partial charge on any atom is 0.0583 e. The molecule has 0 unspecified atom stereocenters. The summed E-state index contributed by atoms with van der Waals surface area (Å²) in [6, 6.07) is -0.411. The number of hydrogen-bond donors (Lipinski definition) is 2. The number of rotatable bonds is 3. The fourth-order valence-electron chi connectivity index (χ4n) is 0.199. The van der Waals surface area contributed by atoms with Crippen LogP contribution in [0.3, 0.4) is 0 Å². The fourth-order valence-corrected chi connectivity index (χ4v) is 0.199. The molecular formula is C3H8N4O. The molecular weight excluding hydrogens is 108 g/mol. The SMILES string of the molecule is [N-]=[N+]=NC[C@@H](N)CO. The van der Waals surface area contributed by atoms with E-state index in [2.05, 4.69) is 10.0 Å². The molecule has 5 nitrogen and oxygen atoms in total. The number of nitrogens with two attached hydrogens (primary N) is 1. The van der Waals surface area contributed by atoms with E-state index in [0.717, 1.165) is 0 Å². The van der Waals surface area contributed by atoms with Crippen molar-refractivity contribution in [2.75, 3.05) is 13.2 Å². The lowest BCUT2D eigenvalue weighted by molar-refractivity contribution is 0.268. The first-order chi connectivity index (χ1) is 3.81. The number of aliphatic hydroxyl groups excluding tert-OH is 1. The first-order valence-corrected chi connectivity index (χ1v) is 2.18. The van der Waals surface area contributed by atoms with Crippen molar-refractivity contribution in [3.8, 4) is 0 Å². The summed E-state index contributed by atoms with van der Waals surface area (Å²) in [4.78, 5) is 2.46. The van der Waals surface area contributed by atoms with E-state index < -0.39 is 6.04 Å². The van der Waals surface area contributed by atoms with Gasteiger partial charge in [-0.3, -0.25) is 0 Å². The third-order valence-corrected chi connectivity index (χ3v) is 0.614. The zero-order valence-corrected chi connectivity index (χ0v) is 4.36. The van der Waals surface area contributed by atoms with Gasteiger partial charge in [0.25, 0.3) is 0 Å². The molecule has 0 bridgehead atoms. The van der Waals surface area contributed by atoms with E-state index in [9.17, 15) is 0 Å². The molecule has 0 aromatic rings. The van der Waals surface area contributed by atoms with Gasteiger partial charge in [0.1, 0.15) is 0 Å². The minimum Gasteiger partial charge on any atom is -0.395 e. The van der Waals surface area contributed by atoms with Gasteiger partial charge in [0.05, 0.1) is 6.61 Å². The van der Waals surface area contributed by atoms with E-state index in [1.54, 1.807) is 0 Å². The van der Waals surface area contributed by atoms with Crippen LogP contribution in [0.1, 0.15) is 0 Å². The van der Waals surface area contributed by atoms with Crippen molar-refractivity contribution in [3.05, 3.63) is 10.4 Å². The van der Waals surface area contributed by atoms with Gasteiger partial charge < -0.3 is 10.8 Å². The summed E-state index contributed by atoms with van der Waals surface area (Å²) in [5.74, 6) is 0. The number of aliphatic hydroxyl groups is 1. The highest BCUT2D eigenvalue weighted by molar-refractivity contribution is 4.61. The van der Waals surface area contributed by atoms with Crippen LogP contribution in [-0.4, -0.2) is 24.3 Å². The molecule has 1 atom stereocenters. The molecule has 0 heterocycles. The Hall–Kier alpha value is -0.770. The van der Waals surface area contributed by atoms with E-state index in [-0.39, 0.29) is 13.2 Å². The van der Waals surface area contributed by atoms with Crippen molar-refractivity contribution in [2.45, 2.75) is 6.04 Å². The monoisotopic (exact) mass is 116 g/mol. The molecule has 0 aliphatic heterocycles. The Morgan fingerprint density at radius 1 is 1.88 bits per heavy atom. The molecule has 8 heavy (non-hydrogen) atoms. The molecule has 0 aromatic carbocycles. The van der Waals surface area contributed by atoms with Gasteiger partial charge in [0.2, 0.25) is 0 Å². The Balaban J connectivity index is 3.23. The molecule has 0 radical (unpaired) electrons. The van der Waals surface area contributed by atoms with E-state index in [1.807, 2.05) is 0 Å². The lowest BCUT2D eigenvalue weighted by atomic mass is 10.3. The third kappa shape index (κ3) is 3.42. The van der Waals surface area contributed by atoms with Crippen molar-refractivity contribution in [1.29, 1.82) is 0 Å². The Bertz CT molecular complexity index is 97.5. The van der Waals surface area contributed by atoms with Crippen LogP contribution < -0.4 is 5.73 Å². The van der Waals surface area contributed by atoms with E-state index in [4.69, 9.17) is 16.4 Å². The maximum atomic E-state index is 8.25. The molecule has 0 aromatic heterocycles. The van der Waals surface area contributed by atoms with E-state index >= 15 is 0 Å². The Morgan fingerprint density at radius 2 is 2.50 bits per heavy atom. The van der Waals surface area contributed by atoms with Crippen LogP contribution in [-0.2, 0) is 0 Å². The van der Waals surface area contributed by atoms with E-state index in [0.29, 0.717) is 0 Å². The van der Waals surface area contributed by atoms with Gasteiger partial charge in [-0.15, -0.1) is 0 Å². The van der Waals surface area contributed by atoms with Crippen molar-refractivity contribution in [3.63, 3.8) is 0 Å². The highest BCUT2D eigenvalue weighted by Gasteiger charge is 1.94. The average Bonchev–Trinajstić information content (AvgIpc) is 1.83. The summed E-state index contributed by atoms with van der Waals surface area (Å²) in [5, 5.41) is 11.4.